The second-order valence-electron chi connectivity index (χ2n) is 6.83. The van der Waals surface area contributed by atoms with Crippen LogP contribution in [-0.4, -0.2) is 38.7 Å². The molecule has 1 aromatic heterocycles. The number of amides is 1. The average Bonchev–Trinajstić information content (AvgIpc) is 3.17. The molecule has 0 radical (unpaired) electrons. The normalized spacial score (nSPS) is 21.0. The first-order valence-corrected chi connectivity index (χ1v) is 9.49. The standard InChI is InChI=1S/C19H31N3O2/c1-3-5-7-9-16-17(10-6-4-2)22(19(24)18(16)23)13-8-12-21-14-11-20-15-21/h11,14-17H,3-10,12-13H2,1-2H3. The number of hydrogen-bond donors (Lipinski definition) is 0. The van der Waals surface area contributed by atoms with Crippen LogP contribution in [0.25, 0.3) is 0 Å². The average molecular weight is 333 g/mol. The van der Waals surface area contributed by atoms with E-state index in [0.29, 0.717) is 6.54 Å². The van der Waals surface area contributed by atoms with E-state index in [9.17, 15) is 9.59 Å². The molecule has 0 bridgehead atoms. The number of carbonyl (C=O) groups is 2. The van der Waals surface area contributed by atoms with Crippen LogP contribution in [0.2, 0.25) is 0 Å². The molecule has 0 aromatic carbocycles. The van der Waals surface area contributed by atoms with Gasteiger partial charge in [-0.05, 0) is 19.3 Å². The highest BCUT2D eigenvalue weighted by Crippen LogP contribution is 2.31. The van der Waals surface area contributed by atoms with E-state index in [1.54, 1.807) is 12.5 Å². The Morgan fingerprint density at radius 3 is 2.46 bits per heavy atom. The predicted octanol–water partition coefficient (Wildman–Crippen LogP) is 3.44. The number of aryl methyl sites for hydroxylation is 1. The third kappa shape index (κ3) is 4.68. The molecule has 0 aliphatic carbocycles. The number of unbranched alkanes of at least 4 members (excludes halogenated alkanes) is 3. The number of rotatable bonds is 11. The van der Waals surface area contributed by atoms with Crippen molar-refractivity contribution in [1.82, 2.24) is 14.5 Å². The molecular weight excluding hydrogens is 302 g/mol. The minimum absolute atomic E-state index is 0.0798. The number of nitrogens with zero attached hydrogens (tertiary/aromatic N) is 3. The van der Waals surface area contributed by atoms with E-state index in [1.165, 1.54) is 0 Å². The minimum atomic E-state index is -0.247. The lowest BCUT2D eigenvalue weighted by molar-refractivity contribution is -0.141. The number of Topliss-reactive ketones (excluding diaryl/α,β-unsaturated/α-hetero) is 1. The van der Waals surface area contributed by atoms with E-state index in [1.807, 2.05) is 15.7 Å². The molecule has 5 nitrogen and oxygen atoms in total. The van der Waals surface area contributed by atoms with Gasteiger partial charge in [0, 0.05) is 37.4 Å². The highest BCUT2D eigenvalue weighted by molar-refractivity contribution is 6.39. The van der Waals surface area contributed by atoms with Crippen LogP contribution in [0.15, 0.2) is 18.7 Å². The summed E-state index contributed by atoms with van der Waals surface area (Å²) >= 11 is 0. The van der Waals surface area contributed by atoms with E-state index < -0.39 is 0 Å². The first-order valence-electron chi connectivity index (χ1n) is 9.49. The van der Waals surface area contributed by atoms with Crippen LogP contribution < -0.4 is 0 Å². The van der Waals surface area contributed by atoms with Crippen molar-refractivity contribution < 1.29 is 9.59 Å². The molecule has 2 atom stereocenters. The fourth-order valence-corrected chi connectivity index (χ4v) is 3.66. The Kier molecular flexibility index (Phi) is 7.47. The zero-order chi connectivity index (χ0) is 17.4. The lowest BCUT2D eigenvalue weighted by Crippen LogP contribution is -2.36. The molecule has 1 saturated heterocycles. The van der Waals surface area contributed by atoms with Crippen molar-refractivity contribution in [1.29, 1.82) is 0 Å². The van der Waals surface area contributed by atoms with Gasteiger partial charge >= 0.3 is 0 Å². The van der Waals surface area contributed by atoms with E-state index in [-0.39, 0.29) is 23.7 Å². The van der Waals surface area contributed by atoms with Crippen molar-refractivity contribution in [2.45, 2.75) is 77.8 Å². The van der Waals surface area contributed by atoms with Gasteiger partial charge in [-0.25, -0.2) is 4.98 Å². The highest BCUT2D eigenvalue weighted by Gasteiger charge is 2.45. The number of hydrogen-bond acceptors (Lipinski definition) is 3. The van der Waals surface area contributed by atoms with Gasteiger partial charge in [0.2, 0.25) is 5.78 Å². The molecule has 0 spiro atoms. The molecule has 1 fully saturated rings. The van der Waals surface area contributed by atoms with E-state index in [0.717, 1.165) is 57.9 Å². The van der Waals surface area contributed by atoms with Crippen LogP contribution in [-0.2, 0) is 16.1 Å². The smallest absolute Gasteiger partial charge is 0.290 e. The quantitative estimate of drug-likeness (QED) is 0.460. The van der Waals surface area contributed by atoms with Gasteiger partial charge in [-0.1, -0.05) is 46.0 Å². The summed E-state index contributed by atoms with van der Waals surface area (Å²) in [5.41, 5.74) is 0. The monoisotopic (exact) mass is 333 g/mol. The molecular formula is C19H31N3O2. The van der Waals surface area contributed by atoms with Crippen LogP contribution >= 0.6 is 0 Å². The Balaban J connectivity index is 1.96. The molecule has 1 aliphatic rings. The summed E-state index contributed by atoms with van der Waals surface area (Å²) in [5, 5.41) is 0. The largest absolute Gasteiger partial charge is 0.337 e. The van der Waals surface area contributed by atoms with Gasteiger partial charge in [0.15, 0.2) is 0 Å². The second kappa shape index (κ2) is 9.60. The summed E-state index contributed by atoms with van der Waals surface area (Å²) in [5.74, 6) is -0.470. The van der Waals surface area contributed by atoms with Crippen molar-refractivity contribution >= 4 is 11.7 Å². The Labute approximate surface area is 145 Å². The Hall–Kier alpha value is -1.65. The Morgan fingerprint density at radius 2 is 1.79 bits per heavy atom. The fourth-order valence-electron chi connectivity index (χ4n) is 3.66. The lowest BCUT2D eigenvalue weighted by atomic mass is 9.90. The van der Waals surface area contributed by atoms with Gasteiger partial charge in [-0.2, -0.15) is 0 Å². The number of carbonyl (C=O) groups excluding carboxylic acids is 2. The SMILES string of the molecule is CCCCCC1C(=O)C(=O)N(CCCn2ccnc2)C1CCCC. The molecule has 1 aliphatic heterocycles. The number of likely N-dealkylation sites (tertiary alicyclic amines) is 1. The molecule has 1 amide bonds. The van der Waals surface area contributed by atoms with E-state index in [2.05, 4.69) is 18.8 Å². The van der Waals surface area contributed by atoms with Crippen molar-refractivity contribution in [3.05, 3.63) is 18.7 Å². The first-order chi connectivity index (χ1) is 11.7. The van der Waals surface area contributed by atoms with Crippen LogP contribution in [0.5, 0.6) is 0 Å². The van der Waals surface area contributed by atoms with Crippen molar-refractivity contribution in [3.8, 4) is 0 Å². The number of ketones is 1. The summed E-state index contributed by atoms with van der Waals surface area (Å²) < 4.78 is 2.02. The molecule has 0 saturated carbocycles. The van der Waals surface area contributed by atoms with Gasteiger partial charge in [0.25, 0.3) is 5.91 Å². The first kappa shape index (κ1) is 18.7. The highest BCUT2D eigenvalue weighted by atomic mass is 16.2. The van der Waals surface area contributed by atoms with Gasteiger partial charge in [-0.15, -0.1) is 0 Å². The zero-order valence-electron chi connectivity index (χ0n) is 15.1. The summed E-state index contributed by atoms with van der Waals surface area (Å²) in [7, 11) is 0. The van der Waals surface area contributed by atoms with Gasteiger partial charge in [-0.3, -0.25) is 9.59 Å². The molecule has 2 unspecified atom stereocenters. The van der Waals surface area contributed by atoms with Crippen molar-refractivity contribution in [2.24, 2.45) is 5.92 Å². The number of aromatic nitrogens is 2. The van der Waals surface area contributed by atoms with Gasteiger partial charge < -0.3 is 9.47 Å². The third-order valence-electron chi connectivity index (χ3n) is 5.02. The third-order valence-corrected chi connectivity index (χ3v) is 5.02. The maximum atomic E-state index is 12.5. The molecule has 2 rings (SSSR count). The van der Waals surface area contributed by atoms with Gasteiger partial charge in [0.1, 0.15) is 0 Å². The summed E-state index contributed by atoms with van der Waals surface area (Å²) in [4.78, 5) is 30.8. The lowest BCUT2D eigenvalue weighted by Gasteiger charge is -2.27. The predicted molar refractivity (Wildman–Crippen MR) is 94.5 cm³/mol. The fraction of sp³-hybridized carbons (Fsp3) is 0.737. The second-order valence-corrected chi connectivity index (χ2v) is 6.83. The van der Waals surface area contributed by atoms with Crippen LogP contribution in [0.1, 0.15) is 65.2 Å². The van der Waals surface area contributed by atoms with Gasteiger partial charge in [0.05, 0.1) is 6.33 Å². The molecule has 0 N–H and O–H groups in total. The van der Waals surface area contributed by atoms with Crippen molar-refractivity contribution in [3.63, 3.8) is 0 Å². The zero-order valence-corrected chi connectivity index (χ0v) is 15.1. The topological polar surface area (TPSA) is 55.2 Å². The van der Waals surface area contributed by atoms with Crippen LogP contribution in [0.3, 0.4) is 0 Å². The molecule has 2 heterocycles. The van der Waals surface area contributed by atoms with Crippen LogP contribution in [0.4, 0.5) is 0 Å². The molecule has 24 heavy (non-hydrogen) atoms. The Morgan fingerprint density at radius 1 is 1.00 bits per heavy atom. The van der Waals surface area contributed by atoms with E-state index in [4.69, 9.17) is 0 Å². The van der Waals surface area contributed by atoms with Crippen molar-refractivity contribution in [2.75, 3.05) is 6.54 Å². The molecule has 1 aromatic rings. The van der Waals surface area contributed by atoms with E-state index >= 15 is 0 Å². The number of imidazole rings is 1. The summed E-state index contributed by atoms with van der Waals surface area (Å²) in [6.45, 7) is 5.83. The summed E-state index contributed by atoms with van der Waals surface area (Å²) in [6.07, 6.45) is 13.7. The minimum Gasteiger partial charge on any atom is -0.337 e. The summed E-state index contributed by atoms with van der Waals surface area (Å²) in [6, 6.07) is 0.115. The molecule has 134 valence electrons. The molecule has 5 heteroatoms. The maximum Gasteiger partial charge on any atom is 0.290 e. The Bertz CT molecular complexity index is 513. The van der Waals surface area contributed by atoms with Crippen LogP contribution in [0, 0.1) is 5.92 Å². The maximum absolute atomic E-state index is 12.5.